The van der Waals surface area contributed by atoms with Crippen LogP contribution in [0, 0.1) is 0 Å². The van der Waals surface area contributed by atoms with Crippen molar-refractivity contribution in [2.45, 2.75) is 46.5 Å². The highest BCUT2D eigenvalue weighted by molar-refractivity contribution is 5.71. The van der Waals surface area contributed by atoms with Crippen LogP contribution >= 0.6 is 0 Å². The maximum absolute atomic E-state index is 10.4. The molecule has 0 aromatic heterocycles. The summed E-state index contributed by atoms with van der Waals surface area (Å²) in [5, 5.41) is 10.6. The molecular weight excluding hydrogens is 210 g/mol. The Morgan fingerprint density at radius 1 is 1.19 bits per heavy atom. The number of esters is 1. The van der Waals surface area contributed by atoms with Crippen LogP contribution in [0.2, 0.25) is 0 Å². The monoisotopic (exact) mass is 237 g/mol. The van der Waals surface area contributed by atoms with Crippen molar-refractivity contribution >= 4 is 5.97 Å². The molecular formula is C11H27NO4. The first kappa shape index (κ1) is 20.7. The summed E-state index contributed by atoms with van der Waals surface area (Å²) in [6.45, 7) is 6.46. The normalized spacial score (nSPS) is 8.50. The third-order valence-corrected chi connectivity index (χ3v) is 1.64. The van der Waals surface area contributed by atoms with Gasteiger partial charge in [-0.15, -0.1) is 0 Å². The van der Waals surface area contributed by atoms with Crippen LogP contribution in [0.3, 0.4) is 0 Å². The second kappa shape index (κ2) is 19.9. The lowest BCUT2D eigenvalue weighted by molar-refractivity contribution is -0.142. The highest BCUT2D eigenvalue weighted by Gasteiger charge is 1.96. The Hall–Kier alpha value is -0.650. The van der Waals surface area contributed by atoms with Gasteiger partial charge in [-0.05, 0) is 6.92 Å². The molecule has 4 N–H and O–H groups in total. The van der Waals surface area contributed by atoms with Gasteiger partial charge >= 0.3 is 5.97 Å². The van der Waals surface area contributed by atoms with Crippen LogP contribution in [0.1, 0.15) is 46.5 Å². The molecule has 0 aromatic carbocycles. The van der Waals surface area contributed by atoms with Crippen molar-refractivity contribution in [3.05, 3.63) is 0 Å². The van der Waals surface area contributed by atoms with Crippen LogP contribution in [0.4, 0.5) is 0 Å². The predicted molar refractivity (Wildman–Crippen MR) is 65.2 cm³/mol. The molecule has 0 unspecified atom stereocenters. The highest BCUT2D eigenvalue weighted by atomic mass is 16.5. The van der Waals surface area contributed by atoms with E-state index in [1.54, 1.807) is 6.92 Å². The molecule has 0 saturated carbocycles. The topological polar surface area (TPSA) is 90.1 Å². The number of aliphatic hydroxyl groups excluding tert-OH is 1. The summed E-state index contributed by atoms with van der Waals surface area (Å²) in [5.74, 6) is -0.341. The van der Waals surface area contributed by atoms with Crippen LogP contribution in [0.15, 0.2) is 0 Å². The number of aliphatic hydroxyl groups is 1. The Morgan fingerprint density at radius 2 is 1.69 bits per heavy atom. The number of carbonyl (C=O) groups excluding carboxylic acids is 1. The molecule has 100 valence electrons. The first-order valence-corrected chi connectivity index (χ1v) is 5.70. The van der Waals surface area contributed by atoms with E-state index >= 15 is 0 Å². The van der Waals surface area contributed by atoms with Gasteiger partial charge in [-0.2, -0.15) is 0 Å². The molecule has 0 amide bonds. The minimum atomic E-state index is -0.341. The van der Waals surface area contributed by atoms with Gasteiger partial charge in [0.15, 0.2) is 0 Å². The van der Waals surface area contributed by atoms with E-state index in [-0.39, 0.29) is 24.7 Å². The van der Waals surface area contributed by atoms with E-state index in [4.69, 9.17) is 5.11 Å². The Balaban J connectivity index is -0.000000214. The Labute approximate surface area is 98.5 Å². The van der Waals surface area contributed by atoms with E-state index in [0.717, 1.165) is 0 Å². The van der Waals surface area contributed by atoms with Crippen LogP contribution in [0.25, 0.3) is 0 Å². The quantitative estimate of drug-likeness (QED) is 0.390. The maximum atomic E-state index is 10.4. The minimum Gasteiger partial charge on any atom is -0.465 e. The van der Waals surface area contributed by atoms with Gasteiger partial charge in [-0.1, -0.05) is 39.5 Å². The van der Waals surface area contributed by atoms with Crippen LogP contribution < -0.4 is 5.32 Å². The third-order valence-electron chi connectivity index (χ3n) is 1.64. The van der Waals surface area contributed by atoms with Gasteiger partial charge in [0.25, 0.3) is 0 Å². The summed E-state index contributed by atoms with van der Waals surface area (Å²) < 4.78 is 4.53. The molecule has 5 heteroatoms. The van der Waals surface area contributed by atoms with Crippen molar-refractivity contribution in [3.63, 3.8) is 0 Å². The zero-order chi connectivity index (χ0) is 11.9. The van der Waals surface area contributed by atoms with E-state index < -0.39 is 0 Å². The van der Waals surface area contributed by atoms with E-state index in [0.29, 0.717) is 6.61 Å². The van der Waals surface area contributed by atoms with Gasteiger partial charge in [0.1, 0.15) is 0 Å². The van der Waals surface area contributed by atoms with E-state index in [1.165, 1.54) is 25.7 Å². The van der Waals surface area contributed by atoms with Gasteiger partial charge in [-0.3, -0.25) is 10.1 Å². The molecule has 0 aliphatic heterocycles. The fourth-order valence-corrected chi connectivity index (χ4v) is 0.870. The Kier molecular flexibility index (Phi) is 25.7. The molecule has 5 nitrogen and oxygen atoms in total. The molecule has 0 spiro atoms. The average molecular weight is 237 g/mol. The summed E-state index contributed by atoms with van der Waals surface area (Å²) in [5.41, 5.74) is 0. The van der Waals surface area contributed by atoms with Crippen LogP contribution in [-0.4, -0.2) is 36.4 Å². The van der Waals surface area contributed by atoms with Gasteiger partial charge in [0, 0.05) is 0 Å². The van der Waals surface area contributed by atoms with Gasteiger partial charge in [0.05, 0.1) is 19.9 Å². The van der Waals surface area contributed by atoms with Gasteiger partial charge in [-0.25, -0.2) is 0 Å². The number of unbranched alkanes of at least 4 members (excludes halogenated alkanes) is 3. The largest absolute Gasteiger partial charge is 0.465 e. The second-order valence-corrected chi connectivity index (χ2v) is 3.10. The van der Waals surface area contributed by atoms with Gasteiger partial charge < -0.3 is 15.3 Å². The fourth-order valence-electron chi connectivity index (χ4n) is 0.870. The van der Waals surface area contributed by atoms with Crippen molar-refractivity contribution in [3.8, 4) is 0 Å². The summed E-state index contributed by atoms with van der Waals surface area (Å²) >= 11 is 0. The summed E-state index contributed by atoms with van der Waals surface area (Å²) in [7, 11) is 0. The van der Waals surface area contributed by atoms with Crippen LogP contribution in [-0.2, 0) is 9.53 Å². The van der Waals surface area contributed by atoms with E-state index in [9.17, 15) is 4.79 Å². The number of hydrogen-bond donors (Lipinski definition) is 2. The number of hydrogen-bond acceptors (Lipinski definition) is 4. The minimum absolute atomic E-state index is 0. The van der Waals surface area contributed by atoms with E-state index in [1.807, 2.05) is 0 Å². The molecule has 0 rings (SSSR count). The molecule has 0 atom stereocenters. The SMILES string of the molecule is CCCCCC.CCOC(=O)CNCO.O. The zero-order valence-electron chi connectivity index (χ0n) is 10.7. The lowest BCUT2D eigenvalue weighted by Crippen LogP contribution is -2.25. The molecule has 0 bridgehead atoms. The summed E-state index contributed by atoms with van der Waals surface area (Å²) in [6, 6.07) is 0. The van der Waals surface area contributed by atoms with Crippen molar-refractivity contribution < 1.29 is 20.1 Å². The van der Waals surface area contributed by atoms with Crippen molar-refractivity contribution in [2.75, 3.05) is 19.9 Å². The molecule has 0 aliphatic carbocycles. The maximum Gasteiger partial charge on any atom is 0.319 e. The number of ether oxygens (including phenoxy) is 1. The first-order chi connectivity index (χ1) is 7.22. The van der Waals surface area contributed by atoms with Gasteiger partial charge in [0.2, 0.25) is 0 Å². The number of carbonyl (C=O) groups is 1. The first-order valence-electron chi connectivity index (χ1n) is 5.70. The second-order valence-electron chi connectivity index (χ2n) is 3.10. The highest BCUT2D eigenvalue weighted by Crippen LogP contribution is 1.95. The Bertz CT molecular complexity index is 127. The molecule has 0 radical (unpaired) electrons. The number of nitrogens with one attached hydrogen (secondary N) is 1. The fraction of sp³-hybridized carbons (Fsp3) is 0.909. The standard InChI is InChI=1S/C6H14.C5H11NO3.H2O/c1-3-5-6-4-2;1-2-9-5(8)3-6-4-7;/h3-6H2,1-2H3;6-7H,2-4H2,1H3;1H2. The molecule has 0 aliphatic rings. The summed E-state index contributed by atoms with van der Waals surface area (Å²) in [6.07, 6.45) is 5.54. The zero-order valence-corrected chi connectivity index (χ0v) is 10.7. The molecule has 0 fully saturated rings. The summed E-state index contributed by atoms with van der Waals surface area (Å²) in [4.78, 5) is 10.4. The smallest absolute Gasteiger partial charge is 0.319 e. The van der Waals surface area contributed by atoms with Crippen LogP contribution in [0.5, 0.6) is 0 Å². The molecule has 0 saturated heterocycles. The lowest BCUT2D eigenvalue weighted by atomic mass is 10.2. The van der Waals surface area contributed by atoms with E-state index in [2.05, 4.69) is 23.9 Å². The van der Waals surface area contributed by atoms with Crippen molar-refractivity contribution in [2.24, 2.45) is 0 Å². The predicted octanol–water partition coefficient (Wildman–Crippen LogP) is 0.851. The molecule has 0 aromatic rings. The molecule has 0 heterocycles. The Morgan fingerprint density at radius 3 is 2.00 bits per heavy atom. The number of rotatable bonds is 7. The van der Waals surface area contributed by atoms with Crippen molar-refractivity contribution in [1.29, 1.82) is 0 Å². The lowest BCUT2D eigenvalue weighted by Gasteiger charge is -1.99. The third kappa shape index (κ3) is 23.3. The average Bonchev–Trinajstić information content (AvgIpc) is 2.25. The van der Waals surface area contributed by atoms with Crippen molar-refractivity contribution in [1.82, 2.24) is 5.32 Å². The molecule has 16 heavy (non-hydrogen) atoms.